The summed E-state index contributed by atoms with van der Waals surface area (Å²) in [4.78, 5) is 11.8. The first kappa shape index (κ1) is 20.3. The van der Waals surface area contributed by atoms with E-state index in [4.69, 9.17) is 5.73 Å². The highest BCUT2D eigenvalue weighted by Gasteiger charge is 2.10. The van der Waals surface area contributed by atoms with Crippen LogP contribution in [0.2, 0.25) is 0 Å². The van der Waals surface area contributed by atoms with Crippen LogP contribution in [0.5, 0.6) is 0 Å². The molecule has 4 aromatic carbocycles. The molecule has 5 rings (SSSR count). The van der Waals surface area contributed by atoms with Gasteiger partial charge in [-0.3, -0.25) is 9.89 Å². The highest BCUT2D eigenvalue weighted by molar-refractivity contribution is 6.00. The average molecular weight is 431 g/mol. The molecular weight excluding hydrogens is 408 g/mol. The van der Waals surface area contributed by atoms with E-state index in [-0.39, 0.29) is 0 Å². The van der Waals surface area contributed by atoms with E-state index in [1.807, 2.05) is 78.9 Å². The first-order valence-electron chi connectivity index (χ1n) is 10.6. The number of hydrogen-bond donors (Lipinski definition) is 3. The van der Waals surface area contributed by atoms with E-state index in [0.29, 0.717) is 5.56 Å². The van der Waals surface area contributed by atoms with Crippen LogP contribution in [0.25, 0.3) is 34.2 Å². The minimum Gasteiger partial charge on any atom is -0.366 e. The molecule has 5 heteroatoms. The van der Waals surface area contributed by atoms with E-state index in [9.17, 15) is 4.79 Å². The number of primary amides is 1. The van der Waals surface area contributed by atoms with Crippen LogP contribution in [0.1, 0.15) is 21.6 Å². The number of carbonyl (C=O) groups excluding carboxylic acids is 1. The van der Waals surface area contributed by atoms with Crippen LogP contribution >= 0.6 is 0 Å². The van der Waals surface area contributed by atoms with E-state index in [0.717, 1.165) is 44.7 Å². The summed E-state index contributed by atoms with van der Waals surface area (Å²) in [6, 6.07) is 31.5. The molecule has 0 radical (unpaired) electrons. The summed E-state index contributed by atoms with van der Waals surface area (Å²) >= 11 is 0. The van der Waals surface area contributed by atoms with Gasteiger partial charge in [0, 0.05) is 22.3 Å². The Labute approximate surface area is 191 Å². The number of amides is 1. The highest BCUT2D eigenvalue weighted by atomic mass is 16.1. The van der Waals surface area contributed by atoms with Crippen molar-refractivity contribution in [2.75, 3.05) is 5.32 Å². The molecule has 5 aromatic rings. The third-order valence-corrected chi connectivity index (χ3v) is 5.48. The van der Waals surface area contributed by atoms with Gasteiger partial charge in [0.15, 0.2) is 0 Å². The van der Waals surface area contributed by atoms with Crippen LogP contribution in [0.15, 0.2) is 97.1 Å². The topological polar surface area (TPSA) is 83.8 Å². The van der Waals surface area contributed by atoms with E-state index in [1.165, 1.54) is 0 Å². The Morgan fingerprint density at radius 1 is 0.818 bits per heavy atom. The maximum atomic E-state index is 11.8. The monoisotopic (exact) mass is 430 g/mol. The first-order valence-corrected chi connectivity index (χ1v) is 10.6. The fraction of sp³-hybridized carbons (Fsp3) is 0. The van der Waals surface area contributed by atoms with E-state index < -0.39 is 5.91 Å². The van der Waals surface area contributed by atoms with Gasteiger partial charge in [0.1, 0.15) is 0 Å². The molecule has 0 spiro atoms. The van der Waals surface area contributed by atoms with Crippen molar-refractivity contribution in [1.82, 2.24) is 10.2 Å². The molecule has 160 valence electrons. The van der Waals surface area contributed by atoms with Crippen molar-refractivity contribution >= 4 is 40.3 Å². The number of nitrogens with zero attached hydrogens (tertiary/aromatic N) is 1. The lowest BCUT2D eigenvalue weighted by molar-refractivity contribution is 0.100. The number of aromatic amines is 1. The van der Waals surface area contributed by atoms with Crippen molar-refractivity contribution in [3.63, 3.8) is 0 Å². The zero-order valence-electron chi connectivity index (χ0n) is 17.8. The lowest BCUT2D eigenvalue weighted by Crippen LogP contribution is -2.12. The van der Waals surface area contributed by atoms with E-state index in [1.54, 1.807) is 6.07 Å². The molecule has 1 heterocycles. The van der Waals surface area contributed by atoms with Gasteiger partial charge < -0.3 is 11.1 Å². The largest absolute Gasteiger partial charge is 0.366 e. The standard InChI is InChI=1S/C28H22N4O/c29-28(33)24-12-5-4-11-23(24)20-9-6-10-21(17-20)30-22-14-15-25-26(31-32-27(25)18-22)16-13-19-7-2-1-3-8-19/h1-18,30H,(H2,29,33)(H,31,32). The average Bonchev–Trinajstić information content (AvgIpc) is 3.26. The SMILES string of the molecule is NC(=O)c1ccccc1-c1cccc(Nc2ccc3c(C=Cc4ccccc4)n[nH]c3c2)c1. The molecule has 4 N–H and O–H groups in total. The van der Waals surface area contributed by atoms with Crippen molar-refractivity contribution in [3.8, 4) is 11.1 Å². The summed E-state index contributed by atoms with van der Waals surface area (Å²) in [5.74, 6) is -0.439. The summed E-state index contributed by atoms with van der Waals surface area (Å²) < 4.78 is 0. The maximum absolute atomic E-state index is 11.8. The van der Waals surface area contributed by atoms with Crippen LogP contribution in [0.4, 0.5) is 11.4 Å². The lowest BCUT2D eigenvalue weighted by atomic mass is 9.99. The predicted molar refractivity (Wildman–Crippen MR) is 135 cm³/mol. The number of anilines is 2. The third-order valence-electron chi connectivity index (χ3n) is 5.48. The summed E-state index contributed by atoms with van der Waals surface area (Å²) in [6.45, 7) is 0. The second-order valence-electron chi connectivity index (χ2n) is 7.73. The smallest absolute Gasteiger partial charge is 0.249 e. The molecular formula is C28H22N4O. The van der Waals surface area contributed by atoms with Crippen LogP contribution in [-0.4, -0.2) is 16.1 Å². The summed E-state index contributed by atoms with van der Waals surface area (Å²) in [6.07, 6.45) is 4.07. The second-order valence-corrected chi connectivity index (χ2v) is 7.73. The Morgan fingerprint density at radius 2 is 1.61 bits per heavy atom. The molecule has 0 saturated carbocycles. The van der Waals surface area contributed by atoms with Crippen molar-refractivity contribution < 1.29 is 4.79 Å². The van der Waals surface area contributed by atoms with Crippen LogP contribution < -0.4 is 11.1 Å². The molecule has 0 atom stereocenters. The molecule has 0 saturated heterocycles. The zero-order valence-corrected chi connectivity index (χ0v) is 17.8. The summed E-state index contributed by atoms with van der Waals surface area (Å²) in [5, 5.41) is 12.1. The Kier molecular flexibility index (Phi) is 5.43. The number of benzene rings is 4. The first-order chi connectivity index (χ1) is 16.2. The zero-order chi connectivity index (χ0) is 22.6. The Bertz CT molecular complexity index is 1470. The molecule has 33 heavy (non-hydrogen) atoms. The van der Waals surface area contributed by atoms with E-state index >= 15 is 0 Å². The van der Waals surface area contributed by atoms with Gasteiger partial charge in [0.2, 0.25) is 5.91 Å². The highest BCUT2D eigenvalue weighted by Crippen LogP contribution is 2.29. The van der Waals surface area contributed by atoms with Gasteiger partial charge in [-0.1, -0.05) is 66.7 Å². The van der Waals surface area contributed by atoms with Gasteiger partial charge in [-0.05, 0) is 59.2 Å². The summed E-state index contributed by atoms with van der Waals surface area (Å²) in [5.41, 5.74) is 12.6. The minimum atomic E-state index is -0.439. The minimum absolute atomic E-state index is 0.439. The number of rotatable bonds is 6. The van der Waals surface area contributed by atoms with Crippen LogP contribution in [0, 0.1) is 0 Å². The normalized spacial score (nSPS) is 11.2. The van der Waals surface area contributed by atoms with Crippen molar-refractivity contribution in [2.24, 2.45) is 5.73 Å². The van der Waals surface area contributed by atoms with Crippen LogP contribution in [0.3, 0.4) is 0 Å². The summed E-state index contributed by atoms with van der Waals surface area (Å²) in [7, 11) is 0. The van der Waals surface area contributed by atoms with Gasteiger partial charge in [0.05, 0.1) is 11.2 Å². The fourth-order valence-electron chi connectivity index (χ4n) is 3.87. The number of nitrogens with one attached hydrogen (secondary N) is 2. The molecule has 1 amide bonds. The molecule has 0 unspecified atom stereocenters. The van der Waals surface area contributed by atoms with Crippen molar-refractivity contribution in [2.45, 2.75) is 0 Å². The Morgan fingerprint density at radius 3 is 2.45 bits per heavy atom. The number of fused-ring (bicyclic) bond motifs is 1. The molecule has 0 bridgehead atoms. The molecule has 5 nitrogen and oxygen atoms in total. The van der Waals surface area contributed by atoms with Gasteiger partial charge in [-0.2, -0.15) is 5.10 Å². The van der Waals surface area contributed by atoms with Crippen molar-refractivity contribution in [3.05, 3.63) is 114 Å². The number of nitrogens with two attached hydrogens (primary N) is 1. The molecule has 0 aliphatic carbocycles. The van der Waals surface area contributed by atoms with Gasteiger partial charge in [-0.25, -0.2) is 0 Å². The fourth-order valence-corrected chi connectivity index (χ4v) is 3.87. The van der Waals surface area contributed by atoms with Crippen LogP contribution in [-0.2, 0) is 0 Å². The van der Waals surface area contributed by atoms with Gasteiger partial charge in [0.25, 0.3) is 0 Å². The second kappa shape index (κ2) is 8.85. The Hall–Kier alpha value is -4.64. The lowest BCUT2D eigenvalue weighted by Gasteiger charge is -2.11. The number of H-pyrrole nitrogens is 1. The Balaban J connectivity index is 1.40. The van der Waals surface area contributed by atoms with E-state index in [2.05, 4.69) is 39.8 Å². The van der Waals surface area contributed by atoms with Gasteiger partial charge >= 0.3 is 0 Å². The molecule has 1 aromatic heterocycles. The molecule has 0 fully saturated rings. The molecule has 0 aliphatic heterocycles. The number of hydrogen-bond acceptors (Lipinski definition) is 3. The molecule has 0 aliphatic rings. The maximum Gasteiger partial charge on any atom is 0.249 e. The number of aromatic nitrogens is 2. The number of carbonyl (C=O) groups is 1. The quantitative estimate of drug-likeness (QED) is 0.298. The van der Waals surface area contributed by atoms with Crippen molar-refractivity contribution in [1.29, 1.82) is 0 Å². The third kappa shape index (κ3) is 4.38. The van der Waals surface area contributed by atoms with Gasteiger partial charge in [-0.15, -0.1) is 0 Å². The predicted octanol–water partition coefficient (Wildman–Crippen LogP) is 6.24.